The molecule has 0 radical (unpaired) electrons. The molecule has 1 aromatic rings. The first-order valence-corrected chi connectivity index (χ1v) is 4.13. The Bertz CT molecular complexity index is 209. The Balaban J connectivity index is 0.000000127. The average Bonchev–Trinajstić information content (AvgIpc) is 2.04. The second-order valence-electron chi connectivity index (χ2n) is 2.84. The number of nitrogen functional groups attached to an aromatic ring is 1. The van der Waals surface area contributed by atoms with E-state index < -0.39 is 0 Å². The van der Waals surface area contributed by atoms with Crippen molar-refractivity contribution in [2.45, 2.75) is 25.4 Å². The van der Waals surface area contributed by atoms with Crippen molar-refractivity contribution in [2.24, 2.45) is 0 Å². The quantitative estimate of drug-likeness (QED) is 0.608. The molecule has 0 unspecified atom stereocenters. The molecule has 0 spiro atoms. The standard InChI is InChI=1S/C5H6N2.C4H8O/c6-5-3-1-2-4-7-5;5-4-2-1-3-4/h1-4H,(H2,6,7);4-5H,1-3H2. The fraction of sp³-hybridized carbons (Fsp3) is 0.444. The zero-order valence-electron chi connectivity index (χ0n) is 6.98. The van der Waals surface area contributed by atoms with Gasteiger partial charge in [0.15, 0.2) is 0 Å². The minimum Gasteiger partial charge on any atom is -0.393 e. The lowest BCUT2D eigenvalue weighted by Gasteiger charge is -2.17. The van der Waals surface area contributed by atoms with Crippen molar-refractivity contribution in [3.05, 3.63) is 24.4 Å². The molecule has 0 amide bonds. The number of aliphatic hydroxyl groups excluding tert-OH is 1. The Morgan fingerprint density at radius 1 is 1.42 bits per heavy atom. The van der Waals surface area contributed by atoms with Crippen molar-refractivity contribution in [3.8, 4) is 0 Å². The van der Waals surface area contributed by atoms with E-state index in [9.17, 15) is 0 Å². The van der Waals surface area contributed by atoms with E-state index in [0.717, 1.165) is 12.8 Å². The predicted molar refractivity (Wildman–Crippen MR) is 48.5 cm³/mol. The van der Waals surface area contributed by atoms with Crippen LogP contribution in [0.25, 0.3) is 0 Å². The third-order valence-corrected chi connectivity index (χ3v) is 1.76. The molecule has 66 valence electrons. The highest BCUT2D eigenvalue weighted by atomic mass is 16.3. The molecule has 1 aromatic heterocycles. The molecule has 2 rings (SSSR count). The molecule has 3 N–H and O–H groups in total. The van der Waals surface area contributed by atoms with Gasteiger partial charge in [0.2, 0.25) is 0 Å². The maximum atomic E-state index is 8.45. The molecule has 3 heteroatoms. The lowest BCUT2D eigenvalue weighted by molar-refractivity contribution is 0.0950. The van der Waals surface area contributed by atoms with Crippen molar-refractivity contribution in [2.75, 3.05) is 5.73 Å². The normalized spacial score (nSPS) is 15.8. The van der Waals surface area contributed by atoms with Gasteiger partial charge in [0.1, 0.15) is 5.82 Å². The van der Waals surface area contributed by atoms with Crippen LogP contribution in [0.1, 0.15) is 19.3 Å². The van der Waals surface area contributed by atoms with Gasteiger partial charge < -0.3 is 10.8 Å². The summed E-state index contributed by atoms with van der Waals surface area (Å²) in [4.78, 5) is 3.76. The Morgan fingerprint density at radius 3 is 2.25 bits per heavy atom. The molecule has 1 aliphatic carbocycles. The van der Waals surface area contributed by atoms with Crippen LogP contribution < -0.4 is 5.73 Å². The summed E-state index contributed by atoms with van der Waals surface area (Å²) in [5.74, 6) is 0.572. The largest absolute Gasteiger partial charge is 0.393 e. The zero-order valence-corrected chi connectivity index (χ0v) is 6.98. The molecule has 1 saturated carbocycles. The second kappa shape index (κ2) is 4.72. The summed E-state index contributed by atoms with van der Waals surface area (Å²) in [6, 6.07) is 5.43. The first kappa shape index (κ1) is 9.00. The lowest BCUT2D eigenvalue weighted by Crippen LogP contribution is -2.15. The van der Waals surface area contributed by atoms with Gasteiger partial charge in [0.05, 0.1) is 6.10 Å². The molecule has 0 atom stereocenters. The van der Waals surface area contributed by atoms with Gasteiger partial charge in [-0.15, -0.1) is 0 Å². The van der Waals surface area contributed by atoms with Crippen LogP contribution in [-0.4, -0.2) is 16.2 Å². The SMILES string of the molecule is Nc1ccccn1.OC1CCC1. The number of hydrogen-bond acceptors (Lipinski definition) is 3. The first-order valence-electron chi connectivity index (χ1n) is 4.13. The molecule has 12 heavy (non-hydrogen) atoms. The van der Waals surface area contributed by atoms with Gasteiger partial charge in [-0.25, -0.2) is 4.98 Å². The topological polar surface area (TPSA) is 59.1 Å². The third kappa shape index (κ3) is 3.34. The van der Waals surface area contributed by atoms with Gasteiger partial charge in [-0.1, -0.05) is 6.07 Å². The van der Waals surface area contributed by atoms with Crippen molar-refractivity contribution in [1.82, 2.24) is 4.98 Å². The fourth-order valence-corrected chi connectivity index (χ4v) is 0.763. The second-order valence-corrected chi connectivity index (χ2v) is 2.84. The fourth-order valence-electron chi connectivity index (χ4n) is 0.763. The lowest BCUT2D eigenvalue weighted by atomic mass is 9.97. The summed E-state index contributed by atoms with van der Waals surface area (Å²) in [7, 11) is 0. The zero-order chi connectivity index (χ0) is 8.81. The molecule has 1 fully saturated rings. The van der Waals surface area contributed by atoms with Crippen molar-refractivity contribution >= 4 is 5.82 Å². The van der Waals surface area contributed by atoms with Gasteiger partial charge in [-0.2, -0.15) is 0 Å². The highest BCUT2D eigenvalue weighted by Crippen LogP contribution is 2.16. The van der Waals surface area contributed by atoms with Crippen LogP contribution in [-0.2, 0) is 0 Å². The monoisotopic (exact) mass is 166 g/mol. The van der Waals surface area contributed by atoms with Gasteiger partial charge in [0.25, 0.3) is 0 Å². The summed E-state index contributed by atoms with van der Waals surface area (Å²) < 4.78 is 0. The Morgan fingerprint density at radius 2 is 2.08 bits per heavy atom. The number of anilines is 1. The smallest absolute Gasteiger partial charge is 0.123 e. The van der Waals surface area contributed by atoms with Crippen LogP contribution >= 0.6 is 0 Å². The van der Waals surface area contributed by atoms with Crippen LogP contribution in [0, 0.1) is 0 Å². The average molecular weight is 166 g/mol. The number of pyridine rings is 1. The van der Waals surface area contributed by atoms with E-state index in [-0.39, 0.29) is 6.10 Å². The highest BCUT2D eigenvalue weighted by molar-refractivity contribution is 5.25. The summed E-state index contributed by atoms with van der Waals surface area (Å²) in [6.07, 6.45) is 5.05. The van der Waals surface area contributed by atoms with Gasteiger partial charge in [-0.3, -0.25) is 0 Å². The van der Waals surface area contributed by atoms with E-state index >= 15 is 0 Å². The maximum Gasteiger partial charge on any atom is 0.123 e. The number of hydrogen-bond donors (Lipinski definition) is 2. The molecular weight excluding hydrogens is 152 g/mol. The summed E-state index contributed by atoms with van der Waals surface area (Å²) in [5, 5.41) is 8.45. The molecule has 3 nitrogen and oxygen atoms in total. The van der Waals surface area contributed by atoms with Crippen molar-refractivity contribution < 1.29 is 5.11 Å². The molecule has 0 aliphatic heterocycles. The van der Waals surface area contributed by atoms with Crippen LogP contribution in [0.15, 0.2) is 24.4 Å². The number of aromatic nitrogens is 1. The van der Waals surface area contributed by atoms with E-state index in [1.165, 1.54) is 6.42 Å². The number of nitrogens with zero attached hydrogens (tertiary/aromatic N) is 1. The van der Waals surface area contributed by atoms with Crippen LogP contribution in [0.3, 0.4) is 0 Å². The summed E-state index contributed by atoms with van der Waals surface area (Å²) >= 11 is 0. The number of aliphatic hydroxyl groups is 1. The molecular formula is C9H14N2O. The minimum atomic E-state index is 0.0648. The molecule has 0 bridgehead atoms. The van der Waals surface area contributed by atoms with E-state index in [1.807, 2.05) is 12.1 Å². The van der Waals surface area contributed by atoms with E-state index in [1.54, 1.807) is 12.3 Å². The van der Waals surface area contributed by atoms with Crippen LogP contribution in [0.2, 0.25) is 0 Å². The Hall–Kier alpha value is -1.09. The minimum absolute atomic E-state index is 0.0648. The maximum absolute atomic E-state index is 8.45. The van der Waals surface area contributed by atoms with Crippen molar-refractivity contribution in [1.29, 1.82) is 0 Å². The van der Waals surface area contributed by atoms with E-state index in [0.29, 0.717) is 5.82 Å². The van der Waals surface area contributed by atoms with Crippen LogP contribution in [0.5, 0.6) is 0 Å². The van der Waals surface area contributed by atoms with Crippen LogP contribution in [0.4, 0.5) is 5.82 Å². The highest BCUT2D eigenvalue weighted by Gasteiger charge is 2.11. The predicted octanol–water partition coefficient (Wildman–Crippen LogP) is 1.20. The number of rotatable bonds is 0. The Kier molecular flexibility index (Phi) is 3.54. The first-order chi connectivity index (χ1) is 5.79. The van der Waals surface area contributed by atoms with Gasteiger partial charge in [-0.05, 0) is 31.4 Å². The van der Waals surface area contributed by atoms with Crippen molar-refractivity contribution in [3.63, 3.8) is 0 Å². The summed E-state index contributed by atoms with van der Waals surface area (Å²) in [5.41, 5.74) is 5.25. The van der Waals surface area contributed by atoms with E-state index in [2.05, 4.69) is 4.98 Å². The van der Waals surface area contributed by atoms with Gasteiger partial charge in [0, 0.05) is 6.20 Å². The third-order valence-electron chi connectivity index (χ3n) is 1.76. The number of nitrogens with two attached hydrogens (primary N) is 1. The molecule has 1 heterocycles. The van der Waals surface area contributed by atoms with Gasteiger partial charge >= 0.3 is 0 Å². The molecule has 0 aromatic carbocycles. The summed E-state index contributed by atoms with van der Waals surface area (Å²) in [6.45, 7) is 0. The molecule has 0 saturated heterocycles. The van der Waals surface area contributed by atoms with E-state index in [4.69, 9.17) is 10.8 Å². The Labute approximate surface area is 72.2 Å². The molecule has 1 aliphatic rings.